The average molecular weight is 302 g/mol. The minimum absolute atomic E-state index is 0.100. The second-order valence-electron chi connectivity index (χ2n) is 6.70. The molecule has 0 radical (unpaired) electrons. The Hall–Kier alpha value is -1.68. The standard InChI is InChI=1S/C18H26N2O2/c1-12-9-13(2)11-20(10-12)14(3)18(22)16-5-7-17(8-6-16)19-15(4)21/h5-8,12-14H,9-11H2,1-4H3,(H,19,21). The van der Waals surface area contributed by atoms with Crippen molar-refractivity contribution in [3.63, 3.8) is 0 Å². The van der Waals surface area contributed by atoms with Crippen molar-refractivity contribution in [2.75, 3.05) is 18.4 Å². The maximum atomic E-state index is 12.7. The summed E-state index contributed by atoms with van der Waals surface area (Å²) in [5, 5.41) is 2.71. The first-order valence-corrected chi connectivity index (χ1v) is 8.02. The Bertz CT molecular complexity index is 529. The van der Waals surface area contributed by atoms with Gasteiger partial charge in [-0.05, 0) is 49.4 Å². The first-order valence-electron chi connectivity index (χ1n) is 8.02. The fourth-order valence-electron chi connectivity index (χ4n) is 3.36. The van der Waals surface area contributed by atoms with E-state index in [0.717, 1.165) is 18.8 Å². The number of anilines is 1. The zero-order chi connectivity index (χ0) is 16.3. The van der Waals surface area contributed by atoms with Gasteiger partial charge in [0.2, 0.25) is 5.91 Å². The maximum Gasteiger partial charge on any atom is 0.221 e. The third-order valence-electron chi connectivity index (χ3n) is 4.31. The van der Waals surface area contributed by atoms with Crippen LogP contribution in [-0.4, -0.2) is 35.7 Å². The lowest BCUT2D eigenvalue weighted by molar-refractivity contribution is -0.114. The van der Waals surface area contributed by atoms with E-state index in [-0.39, 0.29) is 17.7 Å². The third-order valence-corrected chi connectivity index (χ3v) is 4.31. The number of hydrogen-bond donors (Lipinski definition) is 1. The Morgan fingerprint density at radius 3 is 2.18 bits per heavy atom. The Morgan fingerprint density at radius 1 is 1.14 bits per heavy atom. The monoisotopic (exact) mass is 302 g/mol. The quantitative estimate of drug-likeness (QED) is 0.869. The van der Waals surface area contributed by atoms with Crippen molar-refractivity contribution in [2.24, 2.45) is 11.8 Å². The Morgan fingerprint density at radius 2 is 1.68 bits per heavy atom. The first kappa shape index (κ1) is 16.7. The molecule has 0 bridgehead atoms. The molecule has 1 fully saturated rings. The summed E-state index contributed by atoms with van der Waals surface area (Å²) >= 11 is 0. The molecular formula is C18H26N2O2. The molecule has 0 aromatic heterocycles. The lowest BCUT2D eigenvalue weighted by Crippen LogP contribution is -2.47. The predicted molar refractivity (Wildman–Crippen MR) is 89.1 cm³/mol. The van der Waals surface area contributed by atoms with Crippen LogP contribution in [0, 0.1) is 11.8 Å². The van der Waals surface area contributed by atoms with Gasteiger partial charge in [-0.1, -0.05) is 13.8 Å². The normalized spacial score (nSPS) is 23.8. The van der Waals surface area contributed by atoms with E-state index in [9.17, 15) is 9.59 Å². The van der Waals surface area contributed by atoms with Crippen LogP contribution in [0.25, 0.3) is 0 Å². The van der Waals surface area contributed by atoms with Crippen LogP contribution >= 0.6 is 0 Å². The molecule has 0 spiro atoms. The number of carbonyl (C=O) groups is 2. The summed E-state index contributed by atoms with van der Waals surface area (Å²) in [6.45, 7) is 9.95. The van der Waals surface area contributed by atoms with E-state index >= 15 is 0 Å². The molecule has 1 aliphatic heterocycles. The lowest BCUT2D eigenvalue weighted by Gasteiger charge is -2.38. The van der Waals surface area contributed by atoms with Gasteiger partial charge in [-0.3, -0.25) is 14.5 Å². The summed E-state index contributed by atoms with van der Waals surface area (Å²) in [5.41, 5.74) is 1.42. The highest BCUT2D eigenvalue weighted by molar-refractivity contribution is 6.00. The highest BCUT2D eigenvalue weighted by Crippen LogP contribution is 2.24. The molecule has 120 valence electrons. The van der Waals surface area contributed by atoms with Crippen molar-refractivity contribution >= 4 is 17.4 Å². The van der Waals surface area contributed by atoms with Crippen LogP contribution in [0.2, 0.25) is 0 Å². The van der Waals surface area contributed by atoms with E-state index < -0.39 is 0 Å². The molecule has 3 unspecified atom stereocenters. The van der Waals surface area contributed by atoms with Gasteiger partial charge in [0.15, 0.2) is 5.78 Å². The van der Waals surface area contributed by atoms with E-state index in [2.05, 4.69) is 24.1 Å². The molecule has 1 heterocycles. The van der Waals surface area contributed by atoms with Crippen molar-refractivity contribution in [1.82, 2.24) is 4.90 Å². The zero-order valence-electron chi connectivity index (χ0n) is 13.9. The van der Waals surface area contributed by atoms with Crippen LogP contribution in [0.15, 0.2) is 24.3 Å². The van der Waals surface area contributed by atoms with Crippen LogP contribution in [0.1, 0.15) is 44.5 Å². The molecule has 4 heteroatoms. The van der Waals surface area contributed by atoms with Gasteiger partial charge in [-0.15, -0.1) is 0 Å². The average Bonchev–Trinajstić information content (AvgIpc) is 2.45. The van der Waals surface area contributed by atoms with Crippen molar-refractivity contribution in [1.29, 1.82) is 0 Å². The van der Waals surface area contributed by atoms with E-state index in [1.807, 2.05) is 6.92 Å². The highest BCUT2D eigenvalue weighted by atomic mass is 16.1. The molecule has 4 nitrogen and oxygen atoms in total. The SMILES string of the molecule is CC(=O)Nc1ccc(C(=O)C(C)N2CC(C)CC(C)C2)cc1. The number of rotatable bonds is 4. The summed E-state index contributed by atoms with van der Waals surface area (Å²) in [5.74, 6) is 1.32. The molecule has 1 aliphatic rings. The molecule has 1 aromatic carbocycles. The number of Topliss-reactive ketones (excluding diaryl/α,β-unsaturated/α-hetero) is 1. The minimum Gasteiger partial charge on any atom is -0.326 e. The molecule has 1 N–H and O–H groups in total. The topological polar surface area (TPSA) is 49.4 Å². The number of ketones is 1. The van der Waals surface area contributed by atoms with Gasteiger partial charge in [0.05, 0.1) is 6.04 Å². The molecule has 3 atom stereocenters. The highest BCUT2D eigenvalue weighted by Gasteiger charge is 2.29. The number of hydrogen-bond acceptors (Lipinski definition) is 3. The summed E-state index contributed by atoms with van der Waals surface area (Å²) in [4.78, 5) is 26.0. The second-order valence-corrected chi connectivity index (χ2v) is 6.70. The fraction of sp³-hybridized carbons (Fsp3) is 0.556. The second kappa shape index (κ2) is 7.05. The van der Waals surface area contributed by atoms with Gasteiger partial charge in [0, 0.05) is 31.3 Å². The fourth-order valence-corrected chi connectivity index (χ4v) is 3.36. The third kappa shape index (κ3) is 4.17. The minimum atomic E-state index is -0.108. The van der Waals surface area contributed by atoms with Crippen LogP contribution < -0.4 is 5.32 Å². The van der Waals surface area contributed by atoms with E-state index in [0.29, 0.717) is 17.4 Å². The molecule has 1 aromatic rings. The van der Waals surface area contributed by atoms with Crippen LogP contribution in [-0.2, 0) is 4.79 Å². The molecule has 22 heavy (non-hydrogen) atoms. The number of likely N-dealkylation sites (tertiary alicyclic amines) is 1. The number of nitrogens with one attached hydrogen (secondary N) is 1. The number of carbonyl (C=O) groups excluding carboxylic acids is 2. The van der Waals surface area contributed by atoms with Crippen molar-refractivity contribution in [3.8, 4) is 0 Å². The summed E-state index contributed by atoms with van der Waals surface area (Å²) in [6, 6.07) is 7.05. The largest absolute Gasteiger partial charge is 0.326 e. The van der Waals surface area contributed by atoms with Crippen LogP contribution in [0.4, 0.5) is 5.69 Å². The lowest BCUT2D eigenvalue weighted by atomic mass is 9.90. The Labute approximate surface area is 132 Å². The molecule has 2 rings (SSSR count). The Balaban J connectivity index is 2.05. The van der Waals surface area contributed by atoms with Gasteiger partial charge in [-0.2, -0.15) is 0 Å². The van der Waals surface area contributed by atoms with Crippen LogP contribution in [0.5, 0.6) is 0 Å². The maximum absolute atomic E-state index is 12.7. The van der Waals surface area contributed by atoms with Gasteiger partial charge < -0.3 is 5.32 Å². The Kier molecular flexibility index (Phi) is 5.35. The van der Waals surface area contributed by atoms with Crippen LogP contribution in [0.3, 0.4) is 0 Å². The smallest absolute Gasteiger partial charge is 0.221 e. The van der Waals surface area contributed by atoms with Crippen molar-refractivity contribution in [2.45, 2.75) is 40.2 Å². The number of nitrogens with zero attached hydrogens (tertiary/aromatic N) is 1. The van der Waals surface area contributed by atoms with Gasteiger partial charge in [0.1, 0.15) is 0 Å². The molecular weight excluding hydrogens is 276 g/mol. The molecule has 1 amide bonds. The first-order chi connectivity index (χ1) is 10.4. The van der Waals surface area contributed by atoms with E-state index in [1.165, 1.54) is 13.3 Å². The van der Waals surface area contributed by atoms with Crippen molar-refractivity contribution in [3.05, 3.63) is 29.8 Å². The van der Waals surface area contributed by atoms with E-state index in [1.54, 1.807) is 24.3 Å². The van der Waals surface area contributed by atoms with Crippen molar-refractivity contribution < 1.29 is 9.59 Å². The summed E-state index contributed by atoms with van der Waals surface area (Å²) in [6.07, 6.45) is 1.24. The number of piperidine rings is 1. The number of benzene rings is 1. The van der Waals surface area contributed by atoms with Gasteiger partial charge in [0.25, 0.3) is 0 Å². The molecule has 1 saturated heterocycles. The zero-order valence-corrected chi connectivity index (χ0v) is 13.9. The van der Waals surface area contributed by atoms with Gasteiger partial charge in [-0.25, -0.2) is 0 Å². The molecule has 0 aliphatic carbocycles. The van der Waals surface area contributed by atoms with Gasteiger partial charge >= 0.3 is 0 Å². The predicted octanol–water partition coefficient (Wildman–Crippen LogP) is 3.19. The van der Waals surface area contributed by atoms with E-state index in [4.69, 9.17) is 0 Å². The summed E-state index contributed by atoms with van der Waals surface area (Å²) < 4.78 is 0. The summed E-state index contributed by atoms with van der Waals surface area (Å²) in [7, 11) is 0. The molecule has 0 saturated carbocycles. The number of amides is 1.